The van der Waals surface area contributed by atoms with Crippen LogP contribution in [0.3, 0.4) is 0 Å². The third-order valence-electron chi connectivity index (χ3n) is 3.35. The molecule has 1 N–H and O–H groups in total. The maximum Gasteiger partial charge on any atom is 0.0410 e. The normalized spacial score (nSPS) is 12.7. The van der Waals surface area contributed by atoms with Crippen LogP contribution in [0, 0.1) is 5.92 Å². The standard InChI is InChI=1S/C17H19BrClN/c1-12(2)17(13-6-4-3-5-7-13)20-11-14-10-15(19)8-9-16(14)18/h3-10,12,17,20H,11H2,1-2H3. The fourth-order valence-corrected chi connectivity index (χ4v) is 2.88. The van der Waals surface area contributed by atoms with E-state index in [9.17, 15) is 0 Å². The molecular weight excluding hydrogens is 334 g/mol. The van der Waals surface area contributed by atoms with E-state index in [1.54, 1.807) is 0 Å². The third kappa shape index (κ3) is 4.08. The molecule has 0 spiro atoms. The largest absolute Gasteiger partial charge is 0.306 e. The van der Waals surface area contributed by atoms with Crippen LogP contribution in [0.5, 0.6) is 0 Å². The van der Waals surface area contributed by atoms with E-state index in [1.165, 1.54) is 11.1 Å². The number of nitrogens with one attached hydrogen (secondary N) is 1. The molecule has 0 saturated carbocycles. The van der Waals surface area contributed by atoms with Crippen LogP contribution < -0.4 is 5.32 Å². The predicted molar refractivity (Wildman–Crippen MR) is 90.0 cm³/mol. The molecule has 2 aromatic rings. The molecule has 2 aromatic carbocycles. The molecule has 0 fully saturated rings. The Balaban J connectivity index is 2.12. The van der Waals surface area contributed by atoms with Crippen molar-refractivity contribution in [3.63, 3.8) is 0 Å². The molecule has 106 valence electrons. The Kier molecular flexibility index (Phi) is 5.64. The molecule has 0 radical (unpaired) electrons. The lowest BCUT2D eigenvalue weighted by atomic mass is 9.96. The van der Waals surface area contributed by atoms with Gasteiger partial charge in [-0.3, -0.25) is 0 Å². The number of halogens is 2. The van der Waals surface area contributed by atoms with Gasteiger partial charge in [-0.25, -0.2) is 0 Å². The Morgan fingerprint density at radius 1 is 1.10 bits per heavy atom. The van der Waals surface area contributed by atoms with Gasteiger partial charge in [0.15, 0.2) is 0 Å². The molecule has 1 nitrogen and oxygen atoms in total. The SMILES string of the molecule is CC(C)C(NCc1cc(Cl)ccc1Br)c1ccccc1. The molecule has 0 bridgehead atoms. The molecule has 0 heterocycles. The summed E-state index contributed by atoms with van der Waals surface area (Å²) in [6.07, 6.45) is 0. The van der Waals surface area contributed by atoms with Crippen molar-refractivity contribution in [2.24, 2.45) is 5.92 Å². The number of rotatable bonds is 5. The first kappa shape index (κ1) is 15.6. The van der Waals surface area contributed by atoms with E-state index in [0.29, 0.717) is 12.0 Å². The molecule has 20 heavy (non-hydrogen) atoms. The zero-order valence-electron chi connectivity index (χ0n) is 11.7. The van der Waals surface area contributed by atoms with Crippen LogP contribution >= 0.6 is 27.5 Å². The van der Waals surface area contributed by atoms with E-state index in [-0.39, 0.29) is 0 Å². The minimum absolute atomic E-state index is 0.335. The average Bonchev–Trinajstić information content (AvgIpc) is 2.43. The summed E-state index contributed by atoms with van der Waals surface area (Å²) >= 11 is 9.64. The minimum atomic E-state index is 0.335. The second-order valence-electron chi connectivity index (χ2n) is 5.25. The fraction of sp³-hybridized carbons (Fsp3) is 0.294. The zero-order valence-corrected chi connectivity index (χ0v) is 14.1. The Morgan fingerprint density at radius 3 is 2.45 bits per heavy atom. The van der Waals surface area contributed by atoms with E-state index in [0.717, 1.165) is 16.0 Å². The van der Waals surface area contributed by atoms with Crippen molar-refractivity contribution in [2.75, 3.05) is 0 Å². The van der Waals surface area contributed by atoms with Crippen molar-refractivity contribution >= 4 is 27.5 Å². The van der Waals surface area contributed by atoms with Crippen LogP contribution in [-0.4, -0.2) is 0 Å². The van der Waals surface area contributed by atoms with Gasteiger partial charge in [0, 0.05) is 22.1 Å². The van der Waals surface area contributed by atoms with E-state index in [1.807, 2.05) is 18.2 Å². The summed E-state index contributed by atoms with van der Waals surface area (Å²) in [6, 6.07) is 16.8. The molecule has 1 atom stereocenters. The molecule has 0 saturated heterocycles. The summed E-state index contributed by atoms with van der Waals surface area (Å²) in [5, 5.41) is 4.40. The number of hydrogen-bond acceptors (Lipinski definition) is 1. The van der Waals surface area contributed by atoms with Gasteiger partial charge in [0.25, 0.3) is 0 Å². The second-order valence-corrected chi connectivity index (χ2v) is 6.54. The van der Waals surface area contributed by atoms with Crippen molar-refractivity contribution in [2.45, 2.75) is 26.4 Å². The van der Waals surface area contributed by atoms with Crippen LogP contribution in [0.15, 0.2) is 53.0 Å². The highest BCUT2D eigenvalue weighted by molar-refractivity contribution is 9.10. The van der Waals surface area contributed by atoms with Gasteiger partial charge >= 0.3 is 0 Å². The van der Waals surface area contributed by atoms with Gasteiger partial charge in [-0.05, 0) is 35.2 Å². The molecule has 0 aliphatic rings. The maximum atomic E-state index is 6.06. The van der Waals surface area contributed by atoms with E-state index < -0.39 is 0 Å². The van der Waals surface area contributed by atoms with Crippen LogP contribution in [0.2, 0.25) is 5.02 Å². The topological polar surface area (TPSA) is 12.0 Å². The molecule has 0 aliphatic heterocycles. The Labute approximate surface area is 134 Å². The molecule has 0 amide bonds. The first-order valence-electron chi connectivity index (χ1n) is 6.80. The monoisotopic (exact) mass is 351 g/mol. The summed E-state index contributed by atoms with van der Waals surface area (Å²) < 4.78 is 1.09. The van der Waals surface area contributed by atoms with Gasteiger partial charge in [-0.15, -0.1) is 0 Å². The van der Waals surface area contributed by atoms with Crippen LogP contribution in [0.1, 0.15) is 31.0 Å². The lowest BCUT2D eigenvalue weighted by Gasteiger charge is -2.23. The molecule has 3 heteroatoms. The van der Waals surface area contributed by atoms with Crippen LogP contribution in [0.25, 0.3) is 0 Å². The first-order valence-corrected chi connectivity index (χ1v) is 7.97. The van der Waals surface area contributed by atoms with Gasteiger partial charge in [-0.1, -0.05) is 71.7 Å². The van der Waals surface area contributed by atoms with Gasteiger partial charge < -0.3 is 5.32 Å². The lowest BCUT2D eigenvalue weighted by Crippen LogP contribution is -2.25. The number of hydrogen-bond donors (Lipinski definition) is 1. The quantitative estimate of drug-likeness (QED) is 0.739. The summed E-state index contributed by atoms with van der Waals surface area (Å²) in [4.78, 5) is 0. The van der Waals surface area contributed by atoms with Crippen LogP contribution in [-0.2, 0) is 6.54 Å². The molecule has 2 rings (SSSR count). The molecule has 0 aliphatic carbocycles. The van der Waals surface area contributed by atoms with Crippen molar-refractivity contribution in [1.82, 2.24) is 5.32 Å². The molecular formula is C17H19BrClN. The fourth-order valence-electron chi connectivity index (χ4n) is 2.30. The lowest BCUT2D eigenvalue weighted by molar-refractivity contribution is 0.410. The second kappa shape index (κ2) is 7.26. The van der Waals surface area contributed by atoms with E-state index >= 15 is 0 Å². The Bertz CT molecular complexity index is 554. The van der Waals surface area contributed by atoms with Crippen LogP contribution in [0.4, 0.5) is 0 Å². The van der Waals surface area contributed by atoms with Gasteiger partial charge in [0.05, 0.1) is 0 Å². The average molecular weight is 353 g/mol. The first-order chi connectivity index (χ1) is 9.58. The highest BCUT2D eigenvalue weighted by atomic mass is 79.9. The third-order valence-corrected chi connectivity index (χ3v) is 4.35. The van der Waals surface area contributed by atoms with Gasteiger partial charge in [0.1, 0.15) is 0 Å². The van der Waals surface area contributed by atoms with Gasteiger partial charge in [-0.2, -0.15) is 0 Å². The summed E-state index contributed by atoms with van der Waals surface area (Å²) in [7, 11) is 0. The van der Waals surface area contributed by atoms with E-state index in [2.05, 4.69) is 65.4 Å². The Hall–Kier alpha value is -0.830. The summed E-state index contributed by atoms with van der Waals surface area (Å²) in [6.45, 7) is 5.26. The van der Waals surface area contributed by atoms with Crippen molar-refractivity contribution < 1.29 is 0 Å². The zero-order chi connectivity index (χ0) is 14.5. The van der Waals surface area contributed by atoms with Crippen molar-refractivity contribution in [3.8, 4) is 0 Å². The molecule has 1 unspecified atom stereocenters. The maximum absolute atomic E-state index is 6.06. The highest BCUT2D eigenvalue weighted by Gasteiger charge is 2.15. The smallest absolute Gasteiger partial charge is 0.0410 e. The predicted octanol–water partition coefficient (Wildman–Crippen LogP) is 5.59. The van der Waals surface area contributed by atoms with E-state index in [4.69, 9.17) is 11.6 Å². The van der Waals surface area contributed by atoms with Crippen molar-refractivity contribution in [1.29, 1.82) is 0 Å². The highest BCUT2D eigenvalue weighted by Crippen LogP contribution is 2.25. The minimum Gasteiger partial charge on any atom is -0.306 e. The Morgan fingerprint density at radius 2 is 1.80 bits per heavy atom. The number of benzene rings is 2. The summed E-state index contributed by atoms with van der Waals surface area (Å²) in [5.74, 6) is 0.523. The summed E-state index contributed by atoms with van der Waals surface area (Å²) in [5.41, 5.74) is 2.50. The molecule has 0 aromatic heterocycles. The van der Waals surface area contributed by atoms with Gasteiger partial charge in [0.2, 0.25) is 0 Å². The van der Waals surface area contributed by atoms with Crippen molar-refractivity contribution in [3.05, 3.63) is 69.2 Å².